The van der Waals surface area contributed by atoms with Crippen LogP contribution in [-0.4, -0.2) is 142 Å². The second-order valence-corrected chi connectivity index (χ2v) is 9.17. The zero-order chi connectivity index (χ0) is 31.5. The lowest BCUT2D eigenvalue weighted by atomic mass is 10.2. The van der Waals surface area contributed by atoms with E-state index >= 15 is 0 Å². The first kappa shape index (κ1) is 41.1. The molecule has 0 radical (unpaired) electrons. The van der Waals surface area contributed by atoms with Gasteiger partial charge in [0.1, 0.15) is 6.61 Å². The molecule has 254 valence electrons. The third kappa shape index (κ3) is 36.2. The molecule has 2 N–H and O–H groups in total. The number of amides is 1. The topological polar surface area (TPSA) is 167 Å². The molecule has 0 saturated heterocycles. The number of unbranched alkanes of at least 4 members (excludes halogenated alkanes) is 2. The van der Waals surface area contributed by atoms with Crippen molar-refractivity contribution in [1.29, 1.82) is 0 Å². The van der Waals surface area contributed by atoms with E-state index in [1.54, 1.807) is 0 Å². The Morgan fingerprint density at radius 1 is 0.488 bits per heavy atom. The van der Waals surface area contributed by atoms with Gasteiger partial charge in [-0.25, -0.2) is 0 Å². The molecule has 0 aliphatic carbocycles. The molecule has 0 aliphatic rings. The number of carbonyl (C=O) groups is 3. The molecule has 0 fully saturated rings. The fourth-order valence-electron chi connectivity index (χ4n) is 3.16. The number of carboxylic acid groups (broad SMARTS) is 1. The normalized spacial score (nSPS) is 11.1. The molecule has 0 rings (SSSR count). The minimum atomic E-state index is -0.984. The van der Waals surface area contributed by atoms with Gasteiger partial charge >= 0.3 is 11.9 Å². The molecule has 0 heterocycles. The maximum Gasteiger partial charge on any atom is 0.305 e. The SMILES string of the molecule is CCCCCC(=O)OCCOCCOCCOCCOCCOCCOCCOCCOCCCNC(=O)CCC(=O)O. The molecule has 0 bridgehead atoms. The van der Waals surface area contributed by atoms with Gasteiger partial charge in [-0.1, -0.05) is 19.8 Å². The highest BCUT2D eigenvalue weighted by Gasteiger charge is 2.04. The van der Waals surface area contributed by atoms with Gasteiger partial charge in [-0.3, -0.25) is 14.4 Å². The summed E-state index contributed by atoms with van der Waals surface area (Å²) in [6.07, 6.45) is 3.94. The minimum Gasteiger partial charge on any atom is -0.481 e. The van der Waals surface area contributed by atoms with E-state index in [2.05, 4.69) is 12.2 Å². The fourth-order valence-corrected chi connectivity index (χ4v) is 3.16. The third-order valence-electron chi connectivity index (χ3n) is 5.43. The Kier molecular flexibility index (Phi) is 33.0. The quantitative estimate of drug-likeness (QED) is 0.0771. The first-order valence-electron chi connectivity index (χ1n) is 15.3. The van der Waals surface area contributed by atoms with Crippen molar-refractivity contribution in [3.8, 4) is 0 Å². The summed E-state index contributed by atoms with van der Waals surface area (Å²) < 4.78 is 48.4. The van der Waals surface area contributed by atoms with Crippen LogP contribution in [0.15, 0.2) is 0 Å². The Hall–Kier alpha value is -1.91. The molecule has 0 atom stereocenters. The van der Waals surface area contributed by atoms with Gasteiger partial charge in [0.25, 0.3) is 0 Å². The van der Waals surface area contributed by atoms with Crippen molar-refractivity contribution in [2.45, 2.75) is 51.9 Å². The predicted molar refractivity (Wildman–Crippen MR) is 156 cm³/mol. The Balaban J connectivity index is 3.12. The minimum absolute atomic E-state index is 0.0110. The van der Waals surface area contributed by atoms with Gasteiger partial charge in [-0.2, -0.15) is 0 Å². The predicted octanol–water partition coefficient (Wildman–Crippen LogP) is 1.61. The Bertz CT molecular complexity index is 640. The maximum atomic E-state index is 11.4. The summed E-state index contributed by atoms with van der Waals surface area (Å²) in [7, 11) is 0. The standard InChI is InChI=1S/C29H55NO13/c1-2-3-4-6-29(34)43-26-25-42-24-23-41-22-21-40-20-19-39-18-17-38-16-15-37-14-13-36-12-11-35-10-5-9-30-27(31)7-8-28(32)33/h2-26H2,1H3,(H,30,31)(H,32,33). The number of carboxylic acids is 1. The summed E-state index contributed by atoms with van der Waals surface area (Å²) in [5.74, 6) is -1.42. The number of hydrogen-bond acceptors (Lipinski definition) is 12. The van der Waals surface area contributed by atoms with E-state index in [-0.39, 0.29) is 31.3 Å². The van der Waals surface area contributed by atoms with Crippen molar-refractivity contribution in [3.05, 3.63) is 0 Å². The molecule has 43 heavy (non-hydrogen) atoms. The van der Waals surface area contributed by atoms with Crippen LogP contribution in [0.5, 0.6) is 0 Å². The van der Waals surface area contributed by atoms with Crippen LogP contribution in [0.1, 0.15) is 51.9 Å². The van der Waals surface area contributed by atoms with Crippen LogP contribution in [-0.2, 0) is 57.0 Å². The van der Waals surface area contributed by atoms with E-state index in [4.69, 9.17) is 47.7 Å². The summed E-state index contributed by atoms with van der Waals surface area (Å²) in [4.78, 5) is 33.2. The highest BCUT2D eigenvalue weighted by atomic mass is 16.6. The molecule has 0 aromatic rings. The monoisotopic (exact) mass is 625 g/mol. The highest BCUT2D eigenvalue weighted by Crippen LogP contribution is 2.00. The average Bonchev–Trinajstić information content (AvgIpc) is 2.99. The van der Waals surface area contributed by atoms with E-state index < -0.39 is 5.97 Å². The van der Waals surface area contributed by atoms with Crippen LogP contribution in [0.25, 0.3) is 0 Å². The van der Waals surface area contributed by atoms with E-state index in [1.807, 2.05) is 0 Å². The molecule has 1 amide bonds. The fraction of sp³-hybridized carbons (Fsp3) is 0.897. The first-order valence-corrected chi connectivity index (χ1v) is 15.3. The van der Waals surface area contributed by atoms with E-state index in [9.17, 15) is 14.4 Å². The van der Waals surface area contributed by atoms with Gasteiger partial charge in [-0.05, 0) is 12.8 Å². The van der Waals surface area contributed by atoms with Crippen molar-refractivity contribution >= 4 is 17.8 Å². The zero-order valence-corrected chi connectivity index (χ0v) is 26.0. The van der Waals surface area contributed by atoms with Crippen molar-refractivity contribution in [3.63, 3.8) is 0 Å². The smallest absolute Gasteiger partial charge is 0.305 e. The van der Waals surface area contributed by atoms with Crippen molar-refractivity contribution in [1.82, 2.24) is 5.32 Å². The Morgan fingerprint density at radius 3 is 1.28 bits per heavy atom. The molecular weight excluding hydrogens is 570 g/mol. The lowest BCUT2D eigenvalue weighted by Gasteiger charge is -2.09. The molecule has 0 aromatic carbocycles. The molecule has 0 saturated carbocycles. The Morgan fingerprint density at radius 2 is 0.884 bits per heavy atom. The van der Waals surface area contributed by atoms with E-state index in [0.29, 0.717) is 125 Å². The number of esters is 1. The Labute approximate surface area is 256 Å². The first-order chi connectivity index (χ1) is 21.1. The average molecular weight is 626 g/mol. The van der Waals surface area contributed by atoms with Crippen LogP contribution in [0.2, 0.25) is 0 Å². The van der Waals surface area contributed by atoms with Gasteiger partial charge in [0, 0.05) is 26.0 Å². The van der Waals surface area contributed by atoms with Crippen molar-refractivity contribution < 1.29 is 62.1 Å². The van der Waals surface area contributed by atoms with Crippen LogP contribution in [0.3, 0.4) is 0 Å². The number of aliphatic carboxylic acids is 1. The van der Waals surface area contributed by atoms with Crippen LogP contribution >= 0.6 is 0 Å². The van der Waals surface area contributed by atoms with Gasteiger partial charge in [0.2, 0.25) is 5.91 Å². The van der Waals surface area contributed by atoms with Gasteiger partial charge < -0.3 is 53.1 Å². The number of nitrogens with one attached hydrogen (secondary N) is 1. The molecule has 14 nitrogen and oxygen atoms in total. The summed E-state index contributed by atoms with van der Waals surface area (Å²) in [5, 5.41) is 11.2. The summed E-state index contributed by atoms with van der Waals surface area (Å²) >= 11 is 0. The van der Waals surface area contributed by atoms with Gasteiger partial charge in [-0.15, -0.1) is 0 Å². The second-order valence-electron chi connectivity index (χ2n) is 9.17. The molecule has 0 aromatic heterocycles. The van der Waals surface area contributed by atoms with Crippen LogP contribution in [0, 0.1) is 0 Å². The third-order valence-corrected chi connectivity index (χ3v) is 5.43. The van der Waals surface area contributed by atoms with Gasteiger partial charge in [0.05, 0.1) is 106 Å². The second kappa shape index (κ2) is 34.6. The zero-order valence-electron chi connectivity index (χ0n) is 26.0. The largest absolute Gasteiger partial charge is 0.481 e. The summed E-state index contributed by atoms with van der Waals surface area (Å²) in [6.45, 7) is 10.2. The lowest BCUT2D eigenvalue weighted by molar-refractivity contribution is -0.145. The molecule has 0 aliphatic heterocycles. The van der Waals surface area contributed by atoms with Crippen LogP contribution in [0.4, 0.5) is 0 Å². The van der Waals surface area contributed by atoms with Crippen LogP contribution < -0.4 is 5.32 Å². The summed E-state index contributed by atoms with van der Waals surface area (Å²) in [6, 6.07) is 0. The van der Waals surface area contributed by atoms with E-state index in [1.165, 1.54) is 0 Å². The summed E-state index contributed by atoms with van der Waals surface area (Å²) in [5.41, 5.74) is 0. The number of ether oxygens (including phenoxy) is 9. The highest BCUT2D eigenvalue weighted by molar-refractivity contribution is 5.80. The van der Waals surface area contributed by atoms with Crippen molar-refractivity contribution in [2.75, 3.05) is 119 Å². The van der Waals surface area contributed by atoms with E-state index in [0.717, 1.165) is 19.3 Å². The maximum absolute atomic E-state index is 11.4. The molecule has 14 heteroatoms. The molecule has 0 spiro atoms. The molecule has 0 unspecified atom stereocenters. The number of hydrogen-bond donors (Lipinski definition) is 2. The number of rotatable bonds is 35. The molecular formula is C29H55NO13. The lowest BCUT2D eigenvalue weighted by Crippen LogP contribution is -2.25. The van der Waals surface area contributed by atoms with Crippen molar-refractivity contribution in [2.24, 2.45) is 0 Å². The number of carbonyl (C=O) groups excluding carboxylic acids is 2. The van der Waals surface area contributed by atoms with Gasteiger partial charge in [0.15, 0.2) is 0 Å².